The molecule has 0 N–H and O–H groups in total. The normalized spacial score (nSPS) is 24.9. The Morgan fingerprint density at radius 1 is 1.26 bits per heavy atom. The zero-order chi connectivity index (χ0) is 19.0. The lowest BCUT2D eigenvalue weighted by molar-refractivity contribution is -0.117. The van der Waals surface area contributed by atoms with Crippen molar-refractivity contribution in [3.63, 3.8) is 0 Å². The lowest BCUT2D eigenvalue weighted by atomic mass is 10.2. The van der Waals surface area contributed by atoms with Gasteiger partial charge in [-0.25, -0.2) is 8.42 Å². The number of aliphatic imine (C=N–C) groups is 1. The third kappa shape index (κ3) is 3.76. The van der Waals surface area contributed by atoms with Crippen LogP contribution in [0, 0.1) is 0 Å². The number of thioether (sulfide) groups is 1. The Bertz CT molecular complexity index is 986. The highest BCUT2D eigenvalue weighted by molar-refractivity contribution is 8.16. The number of fused-ring (bicyclic) bond motifs is 1. The van der Waals surface area contributed by atoms with Crippen LogP contribution in [0.2, 0.25) is 0 Å². The molecule has 0 aliphatic carbocycles. The zero-order valence-electron chi connectivity index (χ0n) is 14.6. The number of methoxy groups -OCH3 is 1. The van der Waals surface area contributed by atoms with Crippen molar-refractivity contribution >= 4 is 49.7 Å². The molecule has 6 nitrogen and oxygen atoms in total. The fourth-order valence-corrected chi connectivity index (χ4v) is 8.00. The maximum Gasteiger partial charge on any atom is 0.253 e. The highest BCUT2D eigenvalue weighted by atomic mass is 32.2. The maximum absolute atomic E-state index is 12.5. The number of amidine groups is 1. The topological polar surface area (TPSA) is 76.0 Å². The average Bonchev–Trinajstić information content (AvgIpc) is 3.29. The Kier molecular flexibility index (Phi) is 5.00. The number of carbonyl (C=O) groups is 1. The van der Waals surface area contributed by atoms with Crippen molar-refractivity contribution < 1.29 is 17.9 Å². The Balaban J connectivity index is 1.70. The summed E-state index contributed by atoms with van der Waals surface area (Å²) in [7, 11) is -1.53. The van der Waals surface area contributed by atoms with Gasteiger partial charge in [-0.15, -0.1) is 11.3 Å². The number of amides is 1. The minimum Gasteiger partial charge on any atom is -0.495 e. The molecule has 2 aromatic rings. The average molecular weight is 423 g/mol. The number of thiophene rings is 1. The van der Waals surface area contributed by atoms with Gasteiger partial charge in [0.15, 0.2) is 15.0 Å². The predicted octanol–water partition coefficient (Wildman–Crippen LogP) is 2.60. The second-order valence-electron chi connectivity index (χ2n) is 6.39. The number of para-hydroxylation sites is 2. The van der Waals surface area contributed by atoms with Crippen LogP contribution in [-0.2, 0) is 21.1 Å². The second kappa shape index (κ2) is 7.29. The second-order valence-corrected chi connectivity index (χ2v) is 10.8. The number of hydrogen-bond donors (Lipinski definition) is 0. The summed E-state index contributed by atoms with van der Waals surface area (Å²) < 4.78 is 29.7. The van der Waals surface area contributed by atoms with Crippen LogP contribution in [0.15, 0.2) is 46.8 Å². The van der Waals surface area contributed by atoms with Crippen LogP contribution in [0.5, 0.6) is 5.75 Å². The van der Waals surface area contributed by atoms with Gasteiger partial charge in [0.25, 0.3) is 5.91 Å². The number of nitrogens with zero attached hydrogens (tertiary/aromatic N) is 2. The smallest absolute Gasteiger partial charge is 0.253 e. The van der Waals surface area contributed by atoms with E-state index in [0.29, 0.717) is 10.9 Å². The summed E-state index contributed by atoms with van der Waals surface area (Å²) in [6.45, 7) is 0. The van der Waals surface area contributed by atoms with Crippen LogP contribution in [0.4, 0.5) is 5.69 Å². The van der Waals surface area contributed by atoms with Crippen LogP contribution >= 0.6 is 23.1 Å². The summed E-state index contributed by atoms with van der Waals surface area (Å²) >= 11 is 2.89. The minimum atomic E-state index is -3.10. The summed E-state index contributed by atoms with van der Waals surface area (Å²) in [5.41, 5.74) is 0.736. The van der Waals surface area contributed by atoms with E-state index in [1.54, 1.807) is 7.11 Å². The van der Waals surface area contributed by atoms with Crippen molar-refractivity contribution in [2.75, 3.05) is 23.5 Å². The van der Waals surface area contributed by atoms with E-state index in [9.17, 15) is 13.2 Å². The summed E-state index contributed by atoms with van der Waals surface area (Å²) in [5.74, 6) is 0.552. The van der Waals surface area contributed by atoms with Gasteiger partial charge in [-0.3, -0.25) is 4.79 Å². The third-order valence-electron chi connectivity index (χ3n) is 4.54. The lowest BCUT2D eigenvalue weighted by Gasteiger charge is -2.26. The number of hydrogen-bond acceptors (Lipinski definition) is 6. The Morgan fingerprint density at radius 2 is 2.07 bits per heavy atom. The maximum atomic E-state index is 12.5. The van der Waals surface area contributed by atoms with E-state index in [-0.39, 0.29) is 35.1 Å². The first-order chi connectivity index (χ1) is 13.0. The first-order valence-electron chi connectivity index (χ1n) is 8.40. The lowest BCUT2D eigenvalue weighted by Crippen LogP contribution is -2.38. The molecule has 2 fully saturated rings. The number of sulfone groups is 1. The van der Waals surface area contributed by atoms with Crippen molar-refractivity contribution in [3.05, 3.63) is 46.7 Å². The SMILES string of the molecule is COc1ccccc1N1C(=NC(=O)Cc2cccs2)S[C@@H]2CS(=O)(=O)C[C@H]21. The van der Waals surface area contributed by atoms with E-state index in [1.165, 1.54) is 23.1 Å². The van der Waals surface area contributed by atoms with Gasteiger partial charge in [-0.1, -0.05) is 30.0 Å². The van der Waals surface area contributed by atoms with Crippen molar-refractivity contribution in [2.45, 2.75) is 17.7 Å². The van der Waals surface area contributed by atoms with Gasteiger partial charge in [-0.05, 0) is 23.6 Å². The number of ether oxygens (including phenoxy) is 1. The Morgan fingerprint density at radius 3 is 2.81 bits per heavy atom. The Hall–Kier alpha value is -1.84. The molecule has 1 aromatic heterocycles. The molecular weight excluding hydrogens is 404 g/mol. The number of rotatable bonds is 4. The summed E-state index contributed by atoms with van der Waals surface area (Å²) in [6, 6.07) is 11.0. The standard InChI is InChI=1S/C18H18N2O4S3/c1-24-15-7-3-2-6-13(15)20-14-10-27(22,23)11-16(14)26-18(20)19-17(21)9-12-5-4-8-25-12/h2-8,14,16H,9-11H2,1H3/t14-,16-/m1/s1. The van der Waals surface area contributed by atoms with Gasteiger partial charge >= 0.3 is 0 Å². The van der Waals surface area contributed by atoms with Crippen molar-refractivity contribution in [1.82, 2.24) is 0 Å². The van der Waals surface area contributed by atoms with Crippen molar-refractivity contribution in [3.8, 4) is 5.75 Å². The van der Waals surface area contributed by atoms with Crippen LogP contribution in [-0.4, -0.2) is 49.4 Å². The molecule has 9 heteroatoms. The van der Waals surface area contributed by atoms with Gasteiger partial charge in [0, 0.05) is 10.1 Å². The molecular formula is C18H18N2O4S3. The molecule has 3 heterocycles. The van der Waals surface area contributed by atoms with Crippen molar-refractivity contribution in [1.29, 1.82) is 0 Å². The van der Waals surface area contributed by atoms with Crippen LogP contribution < -0.4 is 9.64 Å². The molecule has 0 radical (unpaired) electrons. The highest BCUT2D eigenvalue weighted by Crippen LogP contribution is 2.43. The zero-order valence-corrected chi connectivity index (χ0v) is 17.0. The minimum absolute atomic E-state index is 0.0564. The van der Waals surface area contributed by atoms with Crippen LogP contribution in [0.3, 0.4) is 0 Å². The first kappa shape index (κ1) is 18.5. The molecule has 0 spiro atoms. The quantitative estimate of drug-likeness (QED) is 0.754. The van der Waals surface area contributed by atoms with Crippen LogP contribution in [0.1, 0.15) is 4.88 Å². The number of benzene rings is 1. The molecule has 1 aromatic carbocycles. The fourth-order valence-electron chi connectivity index (χ4n) is 3.38. The molecule has 2 saturated heterocycles. The molecule has 0 bridgehead atoms. The predicted molar refractivity (Wildman–Crippen MR) is 110 cm³/mol. The largest absolute Gasteiger partial charge is 0.495 e. The molecule has 27 heavy (non-hydrogen) atoms. The van der Waals surface area contributed by atoms with E-state index in [1.807, 2.05) is 46.7 Å². The number of carbonyl (C=O) groups excluding carboxylic acids is 1. The van der Waals surface area contributed by atoms with E-state index >= 15 is 0 Å². The highest BCUT2D eigenvalue weighted by Gasteiger charge is 2.50. The van der Waals surface area contributed by atoms with Crippen LogP contribution in [0.25, 0.3) is 0 Å². The van der Waals surface area contributed by atoms with Gasteiger partial charge in [-0.2, -0.15) is 4.99 Å². The first-order valence-corrected chi connectivity index (χ1v) is 12.0. The van der Waals surface area contributed by atoms with Gasteiger partial charge < -0.3 is 9.64 Å². The molecule has 4 rings (SSSR count). The number of anilines is 1. The molecule has 0 saturated carbocycles. The van der Waals surface area contributed by atoms with Crippen molar-refractivity contribution in [2.24, 2.45) is 4.99 Å². The van der Waals surface area contributed by atoms with E-state index in [4.69, 9.17) is 4.74 Å². The van der Waals surface area contributed by atoms with E-state index in [2.05, 4.69) is 4.99 Å². The van der Waals surface area contributed by atoms with E-state index in [0.717, 1.165) is 10.6 Å². The molecule has 142 valence electrons. The fraction of sp³-hybridized carbons (Fsp3) is 0.333. The van der Waals surface area contributed by atoms with Gasteiger partial charge in [0.05, 0.1) is 36.8 Å². The van der Waals surface area contributed by atoms with Gasteiger partial charge in [0.1, 0.15) is 5.75 Å². The van der Waals surface area contributed by atoms with E-state index < -0.39 is 9.84 Å². The molecule has 0 unspecified atom stereocenters. The summed E-state index contributed by atoms with van der Waals surface area (Å²) in [4.78, 5) is 19.6. The summed E-state index contributed by atoms with van der Waals surface area (Å²) in [5, 5.41) is 2.34. The Labute approximate surface area is 166 Å². The monoisotopic (exact) mass is 422 g/mol. The molecule has 1 amide bonds. The summed E-state index contributed by atoms with van der Waals surface area (Å²) in [6.07, 6.45) is 0.245. The third-order valence-corrected chi connectivity index (χ3v) is 8.62. The molecule has 2 aliphatic heterocycles. The van der Waals surface area contributed by atoms with Gasteiger partial charge in [0.2, 0.25) is 0 Å². The molecule has 2 aliphatic rings. The molecule has 2 atom stereocenters.